The second-order valence-corrected chi connectivity index (χ2v) is 7.96. The number of piperidine rings is 2. The molecule has 0 aliphatic carbocycles. The van der Waals surface area contributed by atoms with Crippen LogP contribution >= 0.6 is 0 Å². The largest absolute Gasteiger partial charge is 0.382 e. The molecule has 0 saturated carbocycles. The van der Waals surface area contributed by atoms with E-state index in [1.807, 2.05) is 12.1 Å². The maximum absolute atomic E-state index is 12.8. The third kappa shape index (κ3) is 4.45. The van der Waals surface area contributed by atoms with Gasteiger partial charge in [0.2, 0.25) is 0 Å². The van der Waals surface area contributed by atoms with Crippen LogP contribution in [-0.2, 0) is 11.3 Å². The molecular weight excluding hydrogens is 340 g/mol. The van der Waals surface area contributed by atoms with Crippen molar-refractivity contribution in [3.63, 3.8) is 0 Å². The van der Waals surface area contributed by atoms with Crippen molar-refractivity contribution in [2.24, 2.45) is 5.92 Å². The molecule has 0 bridgehead atoms. The molecule has 1 unspecified atom stereocenters. The fourth-order valence-electron chi connectivity index (χ4n) is 4.47. The van der Waals surface area contributed by atoms with Crippen molar-refractivity contribution in [2.75, 3.05) is 51.3 Å². The van der Waals surface area contributed by atoms with E-state index in [0.29, 0.717) is 18.6 Å². The van der Waals surface area contributed by atoms with Crippen LogP contribution in [0.2, 0.25) is 0 Å². The highest BCUT2D eigenvalue weighted by Crippen LogP contribution is 2.31. The number of hydrogen-bond donors (Lipinski definition) is 3. The van der Waals surface area contributed by atoms with E-state index in [9.17, 15) is 4.79 Å². The highest BCUT2D eigenvalue weighted by Gasteiger charge is 2.34. The number of hydrogen-bond acceptors (Lipinski definition) is 5. The molecule has 3 aliphatic rings. The van der Waals surface area contributed by atoms with E-state index in [1.54, 1.807) is 0 Å². The van der Waals surface area contributed by atoms with Crippen molar-refractivity contribution in [1.29, 1.82) is 0 Å². The topological polar surface area (TPSA) is 65.6 Å². The SMILES string of the molecule is O=C1c2cccc(NCCOCC3CCNCC3)c2CN1C1CCCNC1. The number of nitrogens with zero attached hydrogens (tertiary/aromatic N) is 1. The molecule has 1 aromatic carbocycles. The molecule has 6 nitrogen and oxygen atoms in total. The Kier molecular flexibility index (Phi) is 6.27. The first-order chi connectivity index (χ1) is 13.3. The van der Waals surface area contributed by atoms with Crippen molar-refractivity contribution >= 4 is 11.6 Å². The summed E-state index contributed by atoms with van der Waals surface area (Å²) in [6, 6.07) is 6.35. The summed E-state index contributed by atoms with van der Waals surface area (Å²) in [5.41, 5.74) is 3.09. The summed E-state index contributed by atoms with van der Waals surface area (Å²) in [5.74, 6) is 0.881. The van der Waals surface area contributed by atoms with Crippen LogP contribution in [-0.4, -0.2) is 62.8 Å². The minimum atomic E-state index is 0.185. The van der Waals surface area contributed by atoms with Crippen LogP contribution in [0, 0.1) is 5.92 Å². The van der Waals surface area contributed by atoms with Gasteiger partial charge in [-0.2, -0.15) is 0 Å². The maximum atomic E-state index is 12.8. The standard InChI is InChI=1S/C21H32N4O2/c26-21-18-4-1-5-20(19(18)14-25(21)17-3-2-8-23-13-17)24-11-12-27-15-16-6-9-22-10-7-16/h1,4-5,16-17,22-24H,2-3,6-15H2. The average Bonchev–Trinajstić information content (AvgIpc) is 3.07. The summed E-state index contributed by atoms with van der Waals surface area (Å²) in [4.78, 5) is 14.9. The number of rotatable bonds is 7. The van der Waals surface area contributed by atoms with Crippen LogP contribution < -0.4 is 16.0 Å². The number of amides is 1. The lowest BCUT2D eigenvalue weighted by Crippen LogP contribution is -2.46. The van der Waals surface area contributed by atoms with Crippen molar-refractivity contribution in [3.8, 4) is 0 Å². The molecule has 27 heavy (non-hydrogen) atoms. The smallest absolute Gasteiger partial charge is 0.254 e. The number of anilines is 1. The van der Waals surface area contributed by atoms with E-state index in [4.69, 9.17) is 4.74 Å². The van der Waals surface area contributed by atoms with Gasteiger partial charge in [-0.3, -0.25) is 4.79 Å². The predicted molar refractivity (Wildman–Crippen MR) is 107 cm³/mol. The zero-order valence-electron chi connectivity index (χ0n) is 16.1. The van der Waals surface area contributed by atoms with Crippen molar-refractivity contribution in [1.82, 2.24) is 15.5 Å². The van der Waals surface area contributed by atoms with E-state index in [-0.39, 0.29) is 5.91 Å². The highest BCUT2D eigenvalue weighted by atomic mass is 16.5. The summed E-state index contributed by atoms with van der Waals surface area (Å²) in [6.07, 6.45) is 4.67. The highest BCUT2D eigenvalue weighted by molar-refractivity contribution is 6.00. The zero-order chi connectivity index (χ0) is 18.5. The molecule has 2 fully saturated rings. The Bertz CT molecular complexity index is 639. The first kappa shape index (κ1) is 18.7. The third-order valence-corrected chi connectivity index (χ3v) is 6.08. The molecule has 0 spiro atoms. The minimum absolute atomic E-state index is 0.185. The predicted octanol–water partition coefficient (Wildman–Crippen LogP) is 1.82. The molecule has 3 heterocycles. The van der Waals surface area contributed by atoms with Gasteiger partial charge in [-0.05, 0) is 63.4 Å². The van der Waals surface area contributed by atoms with Gasteiger partial charge in [-0.25, -0.2) is 0 Å². The Labute approximate surface area is 162 Å². The van der Waals surface area contributed by atoms with Crippen LogP contribution in [0.25, 0.3) is 0 Å². The Morgan fingerprint density at radius 3 is 2.85 bits per heavy atom. The molecule has 2 saturated heterocycles. The third-order valence-electron chi connectivity index (χ3n) is 6.08. The Morgan fingerprint density at radius 2 is 2.04 bits per heavy atom. The van der Waals surface area contributed by atoms with Gasteiger partial charge in [0.15, 0.2) is 0 Å². The van der Waals surface area contributed by atoms with Gasteiger partial charge in [0.1, 0.15) is 0 Å². The van der Waals surface area contributed by atoms with E-state index in [0.717, 1.165) is 75.5 Å². The summed E-state index contributed by atoms with van der Waals surface area (Å²) in [7, 11) is 0. The number of carbonyl (C=O) groups is 1. The summed E-state index contributed by atoms with van der Waals surface area (Å²) in [6.45, 7) is 7.27. The van der Waals surface area contributed by atoms with Gasteiger partial charge in [-0.15, -0.1) is 0 Å². The number of nitrogens with one attached hydrogen (secondary N) is 3. The number of ether oxygens (including phenoxy) is 1. The van der Waals surface area contributed by atoms with Crippen molar-refractivity contribution < 1.29 is 9.53 Å². The lowest BCUT2D eigenvalue weighted by Gasteiger charge is -2.31. The number of fused-ring (bicyclic) bond motifs is 1. The quantitative estimate of drug-likeness (QED) is 0.637. The molecular formula is C21H32N4O2. The van der Waals surface area contributed by atoms with Crippen LogP contribution in [0.5, 0.6) is 0 Å². The summed E-state index contributed by atoms with van der Waals surface area (Å²) in [5, 5.41) is 10.3. The van der Waals surface area contributed by atoms with E-state index >= 15 is 0 Å². The lowest BCUT2D eigenvalue weighted by atomic mass is 9.99. The van der Waals surface area contributed by atoms with Crippen LogP contribution in [0.4, 0.5) is 5.69 Å². The molecule has 1 atom stereocenters. The summed E-state index contributed by atoms with van der Waals surface area (Å²) >= 11 is 0. The second-order valence-electron chi connectivity index (χ2n) is 7.96. The van der Waals surface area contributed by atoms with Crippen LogP contribution in [0.3, 0.4) is 0 Å². The fourth-order valence-corrected chi connectivity index (χ4v) is 4.47. The Morgan fingerprint density at radius 1 is 1.15 bits per heavy atom. The van der Waals surface area contributed by atoms with Crippen LogP contribution in [0.1, 0.15) is 41.6 Å². The van der Waals surface area contributed by atoms with E-state index in [1.165, 1.54) is 12.8 Å². The fraction of sp³-hybridized carbons (Fsp3) is 0.667. The van der Waals surface area contributed by atoms with Gasteiger partial charge < -0.3 is 25.6 Å². The van der Waals surface area contributed by atoms with Crippen molar-refractivity contribution in [3.05, 3.63) is 29.3 Å². The maximum Gasteiger partial charge on any atom is 0.254 e. The molecule has 3 N–H and O–H groups in total. The molecule has 6 heteroatoms. The molecule has 0 aromatic heterocycles. The van der Waals surface area contributed by atoms with Gasteiger partial charge in [0.05, 0.1) is 6.61 Å². The normalized spacial score (nSPS) is 23.5. The van der Waals surface area contributed by atoms with Crippen LogP contribution in [0.15, 0.2) is 18.2 Å². The first-order valence-electron chi connectivity index (χ1n) is 10.5. The second kappa shape index (κ2) is 9.04. The Hall–Kier alpha value is -1.63. The van der Waals surface area contributed by atoms with Gasteiger partial charge in [0, 0.05) is 49.1 Å². The number of benzene rings is 1. The van der Waals surface area contributed by atoms with Gasteiger partial charge in [0.25, 0.3) is 5.91 Å². The van der Waals surface area contributed by atoms with Gasteiger partial charge in [-0.1, -0.05) is 6.07 Å². The molecule has 1 amide bonds. The van der Waals surface area contributed by atoms with Crippen molar-refractivity contribution in [2.45, 2.75) is 38.3 Å². The Balaban J connectivity index is 1.28. The lowest BCUT2D eigenvalue weighted by molar-refractivity contribution is 0.0675. The van der Waals surface area contributed by atoms with Gasteiger partial charge >= 0.3 is 0 Å². The molecule has 4 rings (SSSR count). The summed E-state index contributed by atoms with van der Waals surface area (Å²) < 4.78 is 5.88. The zero-order valence-corrected chi connectivity index (χ0v) is 16.1. The van der Waals surface area contributed by atoms with E-state index in [2.05, 4.69) is 26.9 Å². The first-order valence-corrected chi connectivity index (χ1v) is 10.5. The number of carbonyl (C=O) groups excluding carboxylic acids is 1. The molecule has 0 radical (unpaired) electrons. The molecule has 148 valence electrons. The average molecular weight is 373 g/mol. The monoisotopic (exact) mass is 372 g/mol. The van der Waals surface area contributed by atoms with E-state index < -0.39 is 0 Å². The molecule has 3 aliphatic heterocycles. The minimum Gasteiger partial charge on any atom is -0.382 e. The molecule has 1 aromatic rings.